The standard InChI is InChI=1S/C23H18ClN3O6/c1-32-22(30)18-17(12-6-4-3-5-7-12)14(11-25)20(26)27(19(18)23(31)33-2)16-9-8-13(21(28)29)10-15(16)24/h3-10,17H,26H2,1-2H3,(H,28,29). The molecule has 0 fully saturated rings. The molecule has 3 N–H and O–H groups in total. The Morgan fingerprint density at radius 3 is 2.24 bits per heavy atom. The Balaban J connectivity index is 2.41. The van der Waals surface area contributed by atoms with Crippen LogP contribution in [0.4, 0.5) is 5.69 Å². The summed E-state index contributed by atoms with van der Waals surface area (Å²) in [5, 5.41) is 19.1. The summed E-state index contributed by atoms with van der Waals surface area (Å²) in [6.07, 6.45) is 0. The molecule has 2 aromatic carbocycles. The first-order valence-electron chi connectivity index (χ1n) is 9.45. The molecule has 9 nitrogen and oxygen atoms in total. The number of carbonyl (C=O) groups excluding carboxylic acids is 2. The van der Waals surface area contributed by atoms with Gasteiger partial charge in [0.1, 0.15) is 11.5 Å². The van der Waals surface area contributed by atoms with E-state index < -0.39 is 23.8 Å². The largest absolute Gasteiger partial charge is 0.478 e. The maximum Gasteiger partial charge on any atom is 0.355 e. The lowest BCUT2D eigenvalue weighted by atomic mass is 9.81. The number of ether oxygens (including phenoxy) is 2. The minimum Gasteiger partial charge on any atom is -0.478 e. The van der Waals surface area contributed by atoms with Gasteiger partial charge in [-0.1, -0.05) is 41.9 Å². The minimum absolute atomic E-state index is 0.0346. The normalized spacial score (nSPS) is 15.7. The van der Waals surface area contributed by atoms with E-state index in [-0.39, 0.29) is 38.9 Å². The first-order valence-corrected chi connectivity index (χ1v) is 9.83. The summed E-state index contributed by atoms with van der Waals surface area (Å²) in [4.78, 5) is 38.3. The molecular formula is C23H18ClN3O6. The van der Waals surface area contributed by atoms with Crippen molar-refractivity contribution in [3.63, 3.8) is 0 Å². The van der Waals surface area contributed by atoms with E-state index in [0.29, 0.717) is 5.56 Å². The van der Waals surface area contributed by atoms with Gasteiger partial charge in [0, 0.05) is 0 Å². The van der Waals surface area contributed by atoms with E-state index >= 15 is 0 Å². The van der Waals surface area contributed by atoms with Gasteiger partial charge in [0.05, 0.1) is 53.6 Å². The fraction of sp³-hybridized carbons (Fsp3) is 0.130. The lowest BCUT2D eigenvalue weighted by molar-refractivity contribution is -0.139. The molecule has 33 heavy (non-hydrogen) atoms. The van der Waals surface area contributed by atoms with E-state index in [9.17, 15) is 24.8 Å². The Hall–Kier alpha value is -4.29. The Morgan fingerprint density at radius 1 is 1.09 bits per heavy atom. The third kappa shape index (κ3) is 4.12. The number of allylic oxidation sites excluding steroid dienone is 1. The fourth-order valence-electron chi connectivity index (χ4n) is 3.58. The number of benzene rings is 2. The number of hydrogen-bond acceptors (Lipinski definition) is 8. The lowest BCUT2D eigenvalue weighted by Crippen LogP contribution is -2.40. The second-order valence-electron chi connectivity index (χ2n) is 6.81. The monoisotopic (exact) mass is 467 g/mol. The zero-order valence-electron chi connectivity index (χ0n) is 17.5. The van der Waals surface area contributed by atoms with Gasteiger partial charge in [-0.25, -0.2) is 14.4 Å². The Kier molecular flexibility index (Phi) is 6.70. The van der Waals surface area contributed by atoms with Crippen molar-refractivity contribution in [1.82, 2.24) is 0 Å². The summed E-state index contributed by atoms with van der Waals surface area (Å²) < 4.78 is 9.87. The Labute approximate surface area is 193 Å². The highest BCUT2D eigenvalue weighted by Crippen LogP contribution is 2.44. The Morgan fingerprint density at radius 2 is 1.73 bits per heavy atom. The van der Waals surface area contributed by atoms with Gasteiger partial charge in [-0.15, -0.1) is 0 Å². The first-order chi connectivity index (χ1) is 15.8. The number of rotatable bonds is 5. The molecule has 3 rings (SSSR count). The lowest BCUT2D eigenvalue weighted by Gasteiger charge is -2.36. The number of nitrogens with two attached hydrogens (primary N) is 1. The first kappa shape index (κ1) is 23.4. The number of carboxylic acids is 1. The summed E-state index contributed by atoms with van der Waals surface area (Å²) >= 11 is 6.33. The van der Waals surface area contributed by atoms with Crippen molar-refractivity contribution in [2.45, 2.75) is 5.92 Å². The highest BCUT2D eigenvalue weighted by molar-refractivity contribution is 6.34. The van der Waals surface area contributed by atoms with Crippen molar-refractivity contribution in [3.05, 3.63) is 87.3 Å². The van der Waals surface area contributed by atoms with Gasteiger partial charge in [0.2, 0.25) is 0 Å². The predicted octanol–water partition coefficient (Wildman–Crippen LogP) is 2.94. The molecule has 0 radical (unpaired) electrons. The van der Waals surface area contributed by atoms with Crippen LogP contribution in [0, 0.1) is 11.3 Å². The van der Waals surface area contributed by atoms with E-state index in [2.05, 4.69) is 0 Å². The summed E-state index contributed by atoms with van der Waals surface area (Å²) in [7, 11) is 2.26. The number of nitriles is 1. The highest BCUT2D eigenvalue weighted by Gasteiger charge is 2.43. The smallest absolute Gasteiger partial charge is 0.355 e. The molecule has 0 amide bonds. The number of halogens is 1. The molecule has 1 heterocycles. The summed E-state index contributed by atoms with van der Waals surface area (Å²) in [6.45, 7) is 0. The van der Waals surface area contributed by atoms with E-state index in [1.165, 1.54) is 12.1 Å². The van der Waals surface area contributed by atoms with Gasteiger partial charge in [-0.3, -0.25) is 4.90 Å². The highest BCUT2D eigenvalue weighted by atomic mass is 35.5. The number of hydrogen-bond donors (Lipinski definition) is 2. The van der Waals surface area contributed by atoms with E-state index in [1.807, 2.05) is 6.07 Å². The van der Waals surface area contributed by atoms with Crippen LogP contribution in [-0.2, 0) is 19.1 Å². The number of carbonyl (C=O) groups is 3. The van der Waals surface area contributed by atoms with Crippen molar-refractivity contribution < 1.29 is 29.0 Å². The number of methoxy groups -OCH3 is 2. The molecule has 1 unspecified atom stereocenters. The van der Waals surface area contributed by atoms with Gasteiger partial charge in [-0.2, -0.15) is 5.26 Å². The predicted molar refractivity (Wildman–Crippen MR) is 118 cm³/mol. The average Bonchev–Trinajstić information content (AvgIpc) is 2.82. The number of anilines is 1. The van der Waals surface area contributed by atoms with Crippen LogP contribution in [0.5, 0.6) is 0 Å². The molecule has 2 aromatic rings. The van der Waals surface area contributed by atoms with Crippen LogP contribution in [0.2, 0.25) is 5.02 Å². The minimum atomic E-state index is -1.22. The van der Waals surface area contributed by atoms with Gasteiger partial charge in [0.15, 0.2) is 0 Å². The quantitative estimate of drug-likeness (QED) is 0.634. The van der Waals surface area contributed by atoms with Crippen LogP contribution >= 0.6 is 11.6 Å². The van der Waals surface area contributed by atoms with Gasteiger partial charge in [0.25, 0.3) is 0 Å². The third-order valence-electron chi connectivity index (χ3n) is 5.05. The van der Waals surface area contributed by atoms with Crippen molar-refractivity contribution in [2.75, 3.05) is 19.1 Å². The summed E-state index contributed by atoms with van der Waals surface area (Å²) in [5.74, 6) is -4.23. The van der Waals surface area contributed by atoms with Crippen LogP contribution in [-0.4, -0.2) is 37.2 Å². The summed E-state index contributed by atoms with van der Waals surface area (Å²) in [5.41, 5.74) is 6.32. The molecule has 0 spiro atoms. The molecule has 1 aliphatic rings. The zero-order valence-corrected chi connectivity index (χ0v) is 18.3. The molecule has 1 atom stereocenters. The molecule has 1 aliphatic heterocycles. The average molecular weight is 468 g/mol. The van der Waals surface area contributed by atoms with Crippen LogP contribution in [0.3, 0.4) is 0 Å². The number of carboxylic acid groups (broad SMARTS) is 1. The Bertz CT molecular complexity index is 1250. The maximum atomic E-state index is 13.0. The fourth-order valence-corrected chi connectivity index (χ4v) is 3.85. The second-order valence-corrected chi connectivity index (χ2v) is 7.21. The topological polar surface area (TPSA) is 143 Å². The van der Waals surface area contributed by atoms with E-state index in [1.54, 1.807) is 30.3 Å². The van der Waals surface area contributed by atoms with Crippen molar-refractivity contribution in [3.8, 4) is 6.07 Å². The SMILES string of the molecule is COC(=O)C1=C(C(=O)OC)N(c2ccc(C(=O)O)cc2Cl)C(N)=C(C#N)C1c1ccccc1. The molecule has 0 bridgehead atoms. The van der Waals surface area contributed by atoms with Crippen molar-refractivity contribution in [2.24, 2.45) is 5.73 Å². The zero-order chi connectivity index (χ0) is 24.3. The number of nitrogens with zero attached hydrogens (tertiary/aromatic N) is 2. The molecule has 168 valence electrons. The molecule has 0 saturated carbocycles. The molecule has 0 aromatic heterocycles. The van der Waals surface area contributed by atoms with Crippen LogP contribution in [0.15, 0.2) is 71.2 Å². The van der Waals surface area contributed by atoms with Crippen molar-refractivity contribution >= 4 is 35.2 Å². The van der Waals surface area contributed by atoms with Gasteiger partial charge >= 0.3 is 17.9 Å². The van der Waals surface area contributed by atoms with Crippen LogP contribution in [0.1, 0.15) is 21.8 Å². The third-order valence-corrected chi connectivity index (χ3v) is 5.35. The maximum absolute atomic E-state index is 13.0. The molecule has 10 heteroatoms. The van der Waals surface area contributed by atoms with E-state index in [4.69, 9.17) is 26.8 Å². The molecule has 0 saturated heterocycles. The molecular weight excluding hydrogens is 450 g/mol. The van der Waals surface area contributed by atoms with Gasteiger partial charge < -0.3 is 20.3 Å². The van der Waals surface area contributed by atoms with Crippen molar-refractivity contribution in [1.29, 1.82) is 5.26 Å². The van der Waals surface area contributed by atoms with Crippen LogP contribution < -0.4 is 10.6 Å². The molecule has 0 aliphatic carbocycles. The number of esters is 2. The second kappa shape index (κ2) is 9.46. The summed E-state index contributed by atoms with van der Waals surface area (Å²) in [6, 6.07) is 14.3. The van der Waals surface area contributed by atoms with Crippen LogP contribution in [0.25, 0.3) is 0 Å². The van der Waals surface area contributed by atoms with E-state index in [0.717, 1.165) is 25.2 Å². The number of aromatic carboxylic acids is 1. The van der Waals surface area contributed by atoms with Gasteiger partial charge in [-0.05, 0) is 23.8 Å².